The van der Waals surface area contributed by atoms with Crippen LogP contribution in [0.5, 0.6) is 5.75 Å². The molecule has 73 heavy (non-hydrogen) atoms. The van der Waals surface area contributed by atoms with Gasteiger partial charge in [-0.3, -0.25) is 19.3 Å². The average molecular weight is 1070 g/mol. The van der Waals surface area contributed by atoms with Crippen molar-refractivity contribution in [2.75, 3.05) is 76.9 Å². The predicted octanol–water partition coefficient (Wildman–Crippen LogP) is 9.68. The standard InChI is InChI=1S/C34H47ClFN7O4S.C12H12N2OS.C6H13N.C2H6/c1-33(2,28(20-44)40-31(46)34(36)11-12-34)48-21-23-7-5-22(6-8-23)19-42-13-15-43(16-14-42)30(45)24-9-10-26(27(17-24)47-4)39-32-38-18-25(35)29(37-3)41-32;1-9-12(16-8-14-9)11-4-2-10(3-5-11)6-13-7-15;1-6-4-3-5-7(6)2;1-2/h9-10,17-18,20,22-23,28H,5-8,11-16,19,21H2,1-4H3,(H,40,46)(H2,37,38,39,41);2-5,7-8H,6H2,1H3,(H,13,15);6H,3-5H2,1-2H3;1-2H3. The summed E-state index contributed by atoms with van der Waals surface area (Å²) in [7, 11) is 5.48. The van der Waals surface area contributed by atoms with Gasteiger partial charge in [0.15, 0.2) is 5.67 Å². The molecule has 2 aromatic heterocycles. The van der Waals surface area contributed by atoms with Crippen molar-refractivity contribution in [1.82, 2.24) is 40.3 Å². The number of aryl methyl sites for hydroxylation is 1. The van der Waals surface area contributed by atoms with E-state index in [2.05, 4.69) is 72.1 Å². The van der Waals surface area contributed by atoms with Crippen molar-refractivity contribution in [3.05, 3.63) is 76.0 Å². The van der Waals surface area contributed by atoms with Crippen molar-refractivity contribution in [1.29, 1.82) is 0 Å². The third-order valence-corrected chi connectivity index (χ3v) is 16.9. The molecule has 0 radical (unpaired) electrons. The highest BCUT2D eigenvalue weighted by molar-refractivity contribution is 8.00. The molecule has 8 rings (SSSR count). The molecule has 2 atom stereocenters. The minimum absolute atomic E-state index is 0.0197. The number of hydrogen-bond acceptors (Lipinski definition) is 14. The number of anilines is 3. The van der Waals surface area contributed by atoms with Crippen molar-refractivity contribution in [2.24, 2.45) is 11.8 Å². The fourth-order valence-corrected chi connectivity index (χ4v) is 11.2. The Labute approximate surface area is 445 Å². The zero-order chi connectivity index (χ0) is 53.1. The summed E-state index contributed by atoms with van der Waals surface area (Å²) in [5.74, 6) is 2.79. The number of ether oxygens (including phenoxy) is 1. The average Bonchev–Trinajstić information content (AvgIpc) is 3.85. The van der Waals surface area contributed by atoms with Crippen LogP contribution < -0.4 is 26.0 Å². The van der Waals surface area contributed by atoms with Crippen LogP contribution in [-0.2, 0) is 20.9 Å². The molecule has 400 valence electrons. The first-order valence-corrected chi connectivity index (χ1v) is 27.9. The summed E-state index contributed by atoms with van der Waals surface area (Å²) in [5, 5.41) is 11.8. The lowest BCUT2D eigenvalue weighted by Gasteiger charge is -2.38. The minimum atomic E-state index is -1.78. The summed E-state index contributed by atoms with van der Waals surface area (Å²) in [5.41, 5.74) is 4.60. The zero-order valence-electron chi connectivity index (χ0n) is 44.3. The maximum absolute atomic E-state index is 14.1. The summed E-state index contributed by atoms with van der Waals surface area (Å²) in [6, 6.07) is 13.6. The van der Waals surface area contributed by atoms with Crippen LogP contribution in [0, 0.1) is 18.8 Å². The number of rotatable bonds is 18. The third kappa shape index (κ3) is 17.3. The van der Waals surface area contributed by atoms with Crippen LogP contribution in [0.1, 0.15) is 108 Å². The van der Waals surface area contributed by atoms with Gasteiger partial charge in [-0.1, -0.05) is 49.7 Å². The molecular formula is C54H78ClFN10O5S2. The molecule has 4 heterocycles. The molecule has 4 aliphatic rings. The Kier molecular flexibility index (Phi) is 23.2. The number of piperazine rings is 1. The number of likely N-dealkylation sites (tertiary alicyclic amines) is 1. The van der Waals surface area contributed by atoms with Crippen LogP contribution in [0.15, 0.2) is 54.2 Å². The van der Waals surface area contributed by atoms with E-state index in [1.165, 1.54) is 36.0 Å². The number of nitrogens with zero attached hydrogens (tertiary/aromatic N) is 6. The number of thiazole rings is 1. The number of amides is 3. The van der Waals surface area contributed by atoms with Gasteiger partial charge in [0.25, 0.3) is 11.8 Å². The van der Waals surface area contributed by atoms with E-state index < -0.39 is 22.4 Å². The van der Waals surface area contributed by atoms with E-state index in [-0.39, 0.29) is 18.7 Å². The fourth-order valence-electron chi connectivity index (χ4n) is 8.90. The monoisotopic (exact) mass is 1060 g/mol. The molecule has 2 aliphatic carbocycles. The van der Waals surface area contributed by atoms with Crippen LogP contribution in [0.3, 0.4) is 0 Å². The van der Waals surface area contributed by atoms with Crippen molar-refractivity contribution in [2.45, 2.75) is 122 Å². The van der Waals surface area contributed by atoms with Crippen molar-refractivity contribution < 1.29 is 28.3 Å². The smallest absolute Gasteiger partial charge is 0.258 e. The highest BCUT2D eigenvalue weighted by atomic mass is 35.5. The predicted molar refractivity (Wildman–Crippen MR) is 296 cm³/mol. The van der Waals surface area contributed by atoms with Gasteiger partial charge in [-0.05, 0) is 140 Å². The summed E-state index contributed by atoms with van der Waals surface area (Å²) < 4.78 is 19.2. The molecule has 2 unspecified atom stereocenters. The highest BCUT2D eigenvalue weighted by Crippen LogP contribution is 2.41. The normalized spacial score (nSPS) is 19.8. The van der Waals surface area contributed by atoms with Crippen LogP contribution in [0.4, 0.5) is 21.8 Å². The van der Waals surface area contributed by atoms with Gasteiger partial charge < -0.3 is 40.6 Å². The number of benzene rings is 2. The number of halogens is 2. The fraction of sp³-hybridized carbons (Fsp3) is 0.574. The number of aromatic nitrogens is 3. The second-order valence-corrected chi connectivity index (χ2v) is 22.5. The summed E-state index contributed by atoms with van der Waals surface area (Å²) in [6.45, 7) is 18.1. The second kappa shape index (κ2) is 28.7. The van der Waals surface area contributed by atoms with E-state index in [9.17, 15) is 23.6 Å². The third-order valence-electron chi connectivity index (χ3n) is 14.0. The SMILES string of the molecule is CC.CC1CCCN1C.CNc1nc(Nc2ccc(C(=O)N3CCN(CC4CCC(CSC(C)(C)C(C=O)NC(=O)C5(F)CC5)CC4)CC3)cc2OC)ncc1Cl.Cc1ncsc1-c1ccc(CNC=O)cc1. The lowest BCUT2D eigenvalue weighted by atomic mass is 9.82. The van der Waals surface area contributed by atoms with E-state index in [4.69, 9.17) is 16.3 Å². The Morgan fingerprint density at radius 2 is 1.68 bits per heavy atom. The molecule has 15 nitrogen and oxygen atoms in total. The summed E-state index contributed by atoms with van der Waals surface area (Å²) in [6.07, 6.45) is 10.8. The number of carbonyl (C=O) groups excluding carboxylic acids is 4. The Morgan fingerprint density at radius 3 is 2.23 bits per heavy atom. The first-order valence-electron chi connectivity index (χ1n) is 25.7. The van der Waals surface area contributed by atoms with Crippen LogP contribution in [-0.4, -0.2) is 143 Å². The molecule has 4 N–H and O–H groups in total. The lowest BCUT2D eigenvalue weighted by molar-refractivity contribution is -0.130. The largest absolute Gasteiger partial charge is 0.495 e. The molecule has 2 aromatic carbocycles. The zero-order valence-corrected chi connectivity index (χ0v) is 46.7. The number of nitrogens with one attached hydrogen (secondary N) is 4. The van der Waals surface area contributed by atoms with Gasteiger partial charge in [0.1, 0.15) is 22.9 Å². The van der Waals surface area contributed by atoms with E-state index in [0.29, 0.717) is 71.7 Å². The lowest BCUT2D eigenvalue weighted by Crippen LogP contribution is -2.51. The van der Waals surface area contributed by atoms with Crippen LogP contribution in [0.25, 0.3) is 10.4 Å². The first kappa shape index (κ1) is 59.0. The van der Waals surface area contributed by atoms with Gasteiger partial charge in [0.05, 0.1) is 41.1 Å². The quantitative estimate of drug-likeness (QED) is 0.0695. The number of hydrogen-bond donors (Lipinski definition) is 4. The second-order valence-electron chi connectivity index (χ2n) is 19.6. The number of alkyl halides is 1. The Balaban J connectivity index is 0.000000321. The van der Waals surface area contributed by atoms with Crippen molar-refractivity contribution in [3.8, 4) is 16.2 Å². The van der Waals surface area contributed by atoms with Gasteiger partial charge in [-0.15, -0.1) is 11.3 Å². The topological polar surface area (TPSA) is 174 Å². The molecule has 4 fully saturated rings. The summed E-state index contributed by atoms with van der Waals surface area (Å²) >= 11 is 9.43. The van der Waals surface area contributed by atoms with Gasteiger partial charge in [0, 0.05) is 62.7 Å². The molecule has 0 spiro atoms. The minimum Gasteiger partial charge on any atom is -0.495 e. The van der Waals surface area contributed by atoms with Gasteiger partial charge >= 0.3 is 0 Å². The van der Waals surface area contributed by atoms with Gasteiger partial charge in [-0.25, -0.2) is 14.4 Å². The van der Waals surface area contributed by atoms with E-state index in [1.54, 1.807) is 55.5 Å². The number of thioether (sulfide) groups is 1. The van der Waals surface area contributed by atoms with Crippen molar-refractivity contribution in [3.63, 3.8) is 0 Å². The summed E-state index contributed by atoms with van der Waals surface area (Å²) in [4.78, 5) is 68.3. The van der Waals surface area contributed by atoms with Gasteiger partial charge in [-0.2, -0.15) is 16.7 Å². The Morgan fingerprint density at radius 1 is 1.00 bits per heavy atom. The number of aldehydes is 1. The first-order chi connectivity index (χ1) is 35.1. The molecule has 3 amide bonds. The maximum atomic E-state index is 14.1. The van der Waals surface area contributed by atoms with E-state index in [0.717, 1.165) is 74.7 Å². The molecular weight excluding hydrogens is 987 g/mol. The molecule has 19 heteroatoms. The molecule has 2 aliphatic heterocycles. The van der Waals surface area contributed by atoms with Crippen molar-refractivity contribution >= 4 is 76.7 Å². The van der Waals surface area contributed by atoms with Crippen LogP contribution >= 0.6 is 34.7 Å². The molecule has 2 saturated carbocycles. The molecule has 4 aromatic rings. The molecule has 2 saturated heterocycles. The molecule has 0 bridgehead atoms. The number of carbonyl (C=O) groups is 4. The number of methoxy groups -OCH3 is 1. The van der Waals surface area contributed by atoms with E-state index >= 15 is 0 Å². The van der Waals surface area contributed by atoms with E-state index in [1.807, 2.05) is 57.2 Å². The van der Waals surface area contributed by atoms with Gasteiger partial charge in [0.2, 0.25) is 12.4 Å². The van der Waals surface area contributed by atoms with Crippen LogP contribution in [0.2, 0.25) is 5.02 Å². The highest BCUT2D eigenvalue weighted by Gasteiger charge is 2.52. The Hall–Kier alpha value is -4.88. The maximum Gasteiger partial charge on any atom is 0.258 e. The Bertz CT molecular complexity index is 2370.